The third kappa shape index (κ3) is 5.03. The highest BCUT2D eigenvalue weighted by molar-refractivity contribution is 7.07. The van der Waals surface area contributed by atoms with E-state index in [0.29, 0.717) is 36.9 Å². The third-order valence-electron chi connectivity index (χ3n) is 5.22. The lowest BCUT2D eigenvalue weighted by atomic mass is 9.96. The molecule has 0 aliphatic carbocycles. The highest BCUT2D eigenvalue weighted by Crippen LogP contribution is 2.31. The average Bonchev–Trinajstić information content (AvgIpc) is 3.12. The number of allylic oxidation sites excluding steroid dienone is 1. The van der Waals surface area contributed by atoms with E-state index in [2.05, 4.69) is 11.6 Å². The van der Waals surface area contributed by atoms with Crippen LogP contribution in [0.4, 0.5) is 0 Å². The molecule has 0 saturated heterocycles. The summed E-state index contributed by atoms with van der Waals surface area (Å²) in [5.74, 6) is -0.695. The second kappa shape index (κ2) is 10.2. The Morgan fingerprint density at radius 3 is 2.57 bits per heavy atom. The monoisotopic (exact) mass is 508 g/mol. The van der Waals surface area contributed by atoms with Crippen molar-refractivity contribution in [1.29, 1.82) is 0 Å². The maximum atomic E-state index is 13.6. The molecule has 0 radical (unpaired) electrons. The summed E-state index contributed by atoms with van der Waals surface area (Å²) >= 11 is 7.50. The molecule has 0 bridgehead atoms. The molecule has 0 N–H and O–H groups in total. The summed E-state index contributed by atoms with van der Waals surface area (Å²) in [4.78, 5) is 42.9. The molecule has 7 nitrogen and oxygen atoms in total. The van der Waals surface area contributed by atoms with Crippen LogP contribution in [0.15, 0.2) is 82.2 Å². The van der Waals surface area contributed by atoms with Gasteiger partial charge in [-0.15, -0.1) is 0 Å². The van der Waals surface area contributed by atoms with Gasteiger partial charge in [-0.3, -0.25) is 14.2 Å². The van der Waals surface area contributed by atoms with Gasteiger partial charge in [0.05, 0.1) is 21.8 Å². The fourth-order valence-electron chi connectivity index (χ4n) is 3.73. The molecule has 0 unspecified atom stereocenters. The normalized spacial score (nSPS) is 15.3. The molecule has 0 fully saturated rings. The van der Waals surface area contributed by atoms with Crippen LogP contribution in [0.3, 0.4) is 0 Å². The van der Waals surface area contributed by atoms with Crippen LogP contribution in [0.2, 0.25) is 5.02 Å². The number of aromatic nitrogens is 1. The van der Waals surface area contributed by atoms with Crippen molar-refractivity contribution in [2.45, 2.75) is 19.9 Å². The first-order valence-electron chi connectivity index (χ1n) is 10.6. The lowest BCUT2D eigenvalue weighted by molar-refractivity contribution is -0.138. The van der Waals surface area contributed by atoms with Crippen molar-refractivity contribution in [1.82, 2.24) is 4.57 Å². The van der Waals surface area contributed by atoms with Crippen LogP contribution in [0.1, 0.15) is 31.0 Å². The molecule has 178 valence electrons. The fraction of sp³-hybridized carbons (Fsp3) is 0.154. The molecular weight excluding hydrogens is 488 g/mol. The van der Waals surface area contributed by atoms with Crippen molar-refractivity contribution < 1.29 is 19.1 Å². The van der Waals surface area contributed by atoms with Gasteiger partial charge in [0.15, 0.2) is 4.80 Å². The molecular formula is C26H21ClN2O5S. The Bertz CT molecular complexity index is 1530. The van der Waals surface area contributed by atoms with Crippen LogP contribution in [0.25, 0.3) is 6.08 Å². The van der Waals surface area contributed by atoms with E-state index < -0.39 is 18.0 Å². The summed E-state index contributed by atoms with van der Waals surface area (Å²) in [6, 6.07) is 13.0. The molecule has 1 aliphatic rings. The zero-order valence-corrected chi connectivity index (χ0v) is 20.6. The van der Waals surface area contributed by atoms with Gasteiger partial charge in [-0.2, -0.15) is 0 Å². The number of benzene rings is 2. The number of esters is 2. The molecule has 2 aromatic carbocycles. The van der Waals surface area contributed by atoms with Crippen LogP contribution < -0.4 is 19.6 Å². The first-order chi connectivity index (χ1) is 16.8. The van der Waals surface area contributed by atoms with Crippen molar-refractivity contribution in [3.63, 3.8) is 0 Å². The molecule has 4 rings (SSSR count). The quantitative estimate of drug-likeness (QED) is 0.289. The van der Waals surface area contributed by atoms with Gasteiger partial charge in [0.1, 0.15) is 12.4 Å². The Labute approximate surface area is 209 Å². The second-order valence-corrected chi connectivity index (χ2v) is 9.07. The number of halogens is 1. The predicted octanol–water partition coefficient (Wildman–Crippen LogP) is 3.54. The molecule has 3 aromatic rings. The SMILES string of the molecule is C=CCOC(=O)C1=C(C)N=c2s/c(=C\c3ccccc3Cl)c(=O)n2[C@H]1c1ccc(OC(C)=O)cc1. The van der Waals surface area contributed by atoms with E-state index in [4.69, 9.17) is 21.1 Å². The van der Waals surface area contributed by atoms with Gasteiger partial charge in [-0.25, -0.2) is 9.79 Å². The largest absolute Gasteiger partial charge is 0.458 e. The first-order valence-corrected chi connectivity index (χ1v) is 11.8. The molecule has 1 aromatic heterocycles. The van der Waals surface area contributed by atoms with Crippen molar-refractivity contribution in [3.8, 4) is 5.75 Å². The highest BCUT2D eigenvalue weighted by Gasteiger charge is 2.33. The zero-order chi connectivity index (χ0) is 25.1. The lowest BCUT2D eigenvalue weighted by Crippen LogP contribution is -2.39. The molecule has 35 heavy (non-hydrogen) atoms. The number of carbonyl (C=O) groups is 2. The van der Waals surface area contributed by atoms with E-state index in [-0.39, 0.29) is 17.7 Å². The minimum atomic E-state index is -0.789. The summed E-state index contributed by atoms with van der Waals surface area (Å²) in [6.45, 7) is 6.61. The van der Waals surface area contributed by atoms with Gasteiger partial charge < -0.3 is 9.47 Å². The molecule has 0 saturated carbocycles. The van der Waals surface area contributed by atoms with Crippen LogP contribution >= 0.6 is 22.9 Å². The number of hydrogen-bond donors (Lipinski definition) is 0. The summed E-state index contributed by atoms with van der Waals surface area (Å²) < 4.78 is 12.3. The Morgan fingerprint density at radius 2 is 1.91 bits per heavy atom. The van der Waals surface area contributed by atoms with E-state index in [9.17, 15) is 14.4 Å². The van der Waals surface area contributed by atoms with Gasteiger partial charge >= 0.3 is 11.9 Å². The van der Waals surface area contributed by atoms with Crippen molar-refractivity contribution in [2.24, 2.45) is 4.99 Å². The number of fused-ring (bicyclic) bond motifs is 1. The number of rotatable bonds is 6. The Balaban J connectivity index is 1.91. The zero-order valence-electron chi connectivity index (χ0n) is 19.0. The first kappa shape index (κ1) is 24.4. The van der Waals surface area contributed by atoms with Gasteiger partial charge in [0.2, 0.25) is 0 Å². The van der Waals surface area contributed by atoms with E-state index in [0.717, 1.165) is 0 Å². The van der Waals surface area contributed by atoms with Gasteiger partial charge in [-0.1, -0.05) is 65.9 Å². The maximum absolute atomic E-state index is 13.6. The number of carbonyl (C=O) groups excluding carboxylic acids is 2. The molecule has 1 aliphatic heterocycles. The fourth-order valence-corrected chi connectivity index (χ4v) is 4.96. The van der Waals surface area contributed by atoms with E-state index in [1.807, 2.05) is 18.2 Å². The van der Waals surface area contributed by atoms with Crippen LogP contribution in [-0.4, -0.2) is 23.1 Å². The summed E-state index contributed by atoms with van der Waals surface area (Å²) in [6.07, 6.45) is 3.18. The number of nitrogens with zero attached hydrogens (tertiary/aromatic N) is 2. The smallest absolute Gasteiger partial charge is 0.338 e. The van der Waals surface area contributed by atoms with Gasteiger partial charge in [-0.05, 0) is 42.3 Å². The van der Waals surface area contributed by atoms with Gasteiger partial charge in [0.25, 0.3) is 5.56 Å². The summed E-state index contributed by atoms with van der Waals surface area (Å²) in [5, 5.41) is 0.515. The second-order valence-electron chi connectivity index (χ2n) is 7.65. The molecule has 0 amide bonds. The van der Waals surface area contributed by atoms with Gasteiger partial charge in [0, 0.05) is 11.9 Å². The van der Waals surface area contributed by atoms with Crippen LogP contribution in [0, 0.1) is 0 Å². The van der Waals surface area contributed by atoms with Crippen LogP contribution in [0.5, 0.6) is 5.75 Å². The minimum Gasteiger partial charge on any atom is -0.458 e. The molecule has 2 heterocycles. The average molecular weight is 509 g/mol. The van der Waals surface area contributed by atoms with E-state index in [1.165, 1.54) is 28.9 Å². The minimum absolute atomic E-state index is 0.0185. The predicted molar refractivity (Wildman–Crippen MR) is 134 cm³/mol. The topological polar surface area (TPSA) is 87.0 Å². The highest BCUT2D eigenvalue weighted by atomic mass is 35.5. The molecule has 1 atom stereocenters. The molecule has 0 spiro atoms. The Hall–Kier alpha value is -3.75. The standard InChI is InChI=1S/C26H21ClN2O5S/c1-4-13-33-25(32)22-15(2)28-26-29(23(22)17-9-11-19(12-10-17)34-16(3)30)24(31)21(35-26)14-18-7-5-6-8-20(18)27/h4-12,14,23H,1,13H2,2-3H3/b21-14-/t23-/m0/s1. The third-order valence-corrected chi connectivity index (χ3v) is 6.55. The maximum Gasteiger partial charge on any atom is 0.338 e. The Kier molecular flexibility index (Phi) is 7.14. The number of ether oxygens (including phenoxy) is 2. The Morgan fingerprint density at radius 1 is 1.20 bits per heavy atom. The summed E-state index contributed by atoms with van der Waals surface area (Å²) in [7, 11) is 0. The molecule has 9 heteroatoms. The lowest BCUT2D eigenvalue weighted by Gasteiger charge is -2.24. The van der Waals surface area contributed by atoms with E-state index >= 15 is 0 Å². The van der Waals surface area contributed by atoms with Crippen LogP contribution in [-0.2, 0) is 14.3 Å². The van der Waals surface area contributed by atoms with Crippen molar-refractivity contribution >= 4 is 41.0 Å². The number of hydrogen-bond acceptors (Lipinski definition) is 7. The van der Waals surface area contributed by atoms with Crippen molar-refractivity contribution in [3.05, 3.63) is 108 Å². The van der Waals surface area contributed by atoms with Crippen molar-refractivity contribution in [2.75, 3.05) is 6.61 Å². The van der Waals surface area contributed by atoms with E-state index in [1.54, 1.807) is 43.3 Å². The summed E-state index contributed by atoms with van der Waals surface area (Å²) in [5.41, 5.74) is 1.70. The number of thiazole rings is 1.